The Kier molecular flexibility index (Phi) is 14.0. The lowest BCUT2D eigenvalue weighted by Crippen LogP contribution is -2.55. The lowest BCUT2D eigenvalue weighted by atomic mass is 9.84. The van der Waals surface area contributed by atoms with E-state index in [1.54, 1.807) is 19.1 Å². The summed E-state index contributed by atoms with van der Waals surface area (Å²) in [6, 6.07) is 24.2. The monoisotopic (exact) mass is 675 g/mol. The van der Waals surface area contributed by atoms with Crippen molar-refractivity contribution in [1.82, 2.24) is 10.2 Å². The molecule has 1 N–H and O–H groups in total. The van der Waals surface area contributed by atoms with Gasteiger partial charge in [-0.15, -0.1) is 0 Å². The Labute approximate surface area is 291 Å². The summed E-state index contributed by atoms with van der Waals surface area (Å²) in [5.74, 6) is 1.53. The number of piperidine rings is 1. The largest absolute Gasteiger partial charge is 0.497 e. The van der Waals surface area contributed by atoms with E-state index in [9.17, 15) is 4.79 Å². The minimum Gasteiger partial charge on any atom is -0.497 e. The first-order valence-electron chi connectivity index (χ1n) is 17.5. The van der Waals surface area contributed by atoms with Gasteiger partial charge in [0.05, 0.1) is 57.9 Å². The Morgan fingerprint density at radius 1 is 0.959 bits per heavy atom. The molecule has 2 aliphatic heterocycles. The predicted molar refractivity (Wildman–Crippen MR) is 191 cm³/mol. The molecule has 2 heterocycles. The number of methoxy groups -OCH3 is 2. The van der Waals surface area contributed by atoms with Crippen molar-refractivity contribution in [2.24, 2.45) is 0 Å². The number of ether oxygens (including phenoxy) is 6. The van der Waals surface area contributed by atoms with E-state index >= 15 is 0 Å². The van der Waals surface area contributed by atoms with E-state index in [4.69, 9.17) is 28.4 Å². The Hall–Kier alpha value is -3.83. The molecule has 0 aromatic heterocycles. The van der Waals surface area contributed by atoms with Crippen LogP contribution >= 0.6 is 0 Å². The molecule has 0 radical (unpaired) electrons. The number of likely N-dealkylation sites (tertiary alicyclic amines) is 1. The summed E-state index contributed by atoms with van der Waals surface area (Å²) in [6.07, 6.45) is 0.913. The summed E-state index contributed by atoms with van der Waals surface area (Å²) in [6.45, 7) is 10.1. The molecule has 1 saturated heterocycles. The molecule has 3 aromatic carbocycles. The number of nitrogens with zero attached hydrogens (tertiary/aromatic N) is 2. The molecule has 2 aliphatic rings. The van der Waals surface area contributed by atoms with Crippen LogP contribution in [0.3, 0.4) is 0 Å². The highest BCUT2D eigenvalue weighted by Gasteiger charge is 2.42. The van der Waals surface area contributed by atoms with Gasteiger partial charge in [-0.25, -0.2) is 4.79 Å². The molecule has 4 atom stereocenters. The zero-order chi connectivity index (χ0) is 34.4. The number of amides is 1. The second-order valence-electron chi connectivity index (χ2n) is 12.8. The topological polar surface area (TPSA) is 91.0 Å². The van der Waals surface area contributed by atoms with Gasteiger partial charge in [0.15, 0.2) is 0 Å². The molecule has 0 saturated carbocycles. The third-order valence-electron chi connectivity index (χ3n) is 9.09. The van der Waals surface area contributed by atoms with Gasteiger partial charge < -0.3 is 43.5 Å². The van der Waals surface area contributed by atoms with E-state index in [0.717, 1.165) is 66.4 Å². The zero-order valence-electron chi connectivity index (χ0n) is 29.5. The second-order valence-corrected chi connectivity index (χ2v) is 12.8. The SMILES string of the molecule is CCCNC(C)CO[C@@H]1CN(C(=O)OCc2ccccc2)C[C@H](OCc2ccc3c(c2)N(CCCOC)CCO3)[C@H]1c1ccc(OC)cc1. The smallest absolute Gasteiger partial charge is 0.410 e. The normalized spacial score (nSPS) is 19.6. The molecule has 266 valence electrons. The van der Waals surface area contributed by atoms with E-state index in [2.05, 4.69) is 48.3 Å². The highest BCUT2D eigenvalue weighted by atomic mass is 16.6. The van der Waals surface area contributed by atoms with Crippen molar-refractivity contribution in [2.75, 3.05) is 71.7 Å². The van der Waals surface area contributed by atoms with Crippen LogP contribution in [-0.2, 0) is 32.2 Å². The fourth-order valence-electron chi connectivity index (χ4n) is 6.46. The minimum absolute atomic E-state index is 0.131. The highest BCUT2D eigenvalue weighted by Crippen LogP contribution is 2.36. The molecule has 10 heteroatoms. The minimum atomic E-state index is -0.381. The lowest BCUT2D eigenvalue weighted by molar-refractivity contribution is -0.0940. The van der Waals surface area contributed by atoms with Gasteiger partial charge in [-0.3, -0.25) is 0 Å². The van der Waals surface area contributed by atoms with Gasteiger partial charge in [0, 0.05) is 32.2 Å². The first kappa shape index (κ1) is 36.5. The van der Waals surface area contributed by atoms with Gasteiger partial charge in [0.1, 0.15) is 24.7 Å². The van der Waals surface area contributed by atoms with Crippen LogP contribution < -0.4 is 19.7 Å². The summed E-state index contributed by atoms with van der Waals surface area (Å²) in [5, 5.41) is 3.52. The molecular weight excluding hydrogens is 622 g/mol. The molecule has 0 aliphatic carbocycles. The molecule has 0 bridgehead atoms. The molecule has 10 nitrogen and oxygen atoms in total. The predicted octanol–water partition coefficient (Wildman–Crippen LogP) is 6.03. The van der Waals surface area contributed by atoms with Crippen LogP contribution in [0.4, 0.5) is 10.5 Å². The molecular formula is C39H53N3O7. The summed E-state index contributed by atoms with van der Waals surface area (Å²) in [4.78, 5) is 17.7. The van der Waals surface area contributed by atoms with E-state index in [0.29, 0.717) is 39.5 Å². The van der Waals surface area contributed by atoms with Crippen LogP contribution in [0.2, 0.25) is 0 Å². The molecule has 5 rings (SSSR count). The number of hydrogen-bond donors (Lipinski definition) is 1. The van der Waals surface area contributed by atoms with Crippen molar-refractivity contribution in [1.29, 1.82) is 0 Å². The fourth-order valence-corrected chi connectivity index (χ4v) is 6.46. The Balaban J connectivity index is 1.38. The quantitative estimate of drug-likeness (QED) is 0.173. The van der Waals surface area contributed by atoms with Crippen LogP contribution in [-0.4, -0.2) is 96.0 Å². The molecule has 49 heavy (non-hydrogen) atoms. The van der Waals surface area contributed by atoms with Crippen molar-refractivity contribution in [3.8, 4) is 11.5 Å². The van der Waals surface area contributed by atoms with Gasteiger partial charge in [-0.2, -0.15) is 0 Å². The van der Waals surface area contributed by atoms with Crippen LogP contribution in [0.25, 0.3) is 0 Å². The van der Waals surface area contributed by atoms with E-state index in [-0.39, 0.29) is 36.9 Å². The van der Waals surface area contributed by atoms with E-state index < -0.39 is 0 Å². The van der Waals surface area contributed by atoms with Crippen LogP contribution in [0, 0.1) is 0 Å². The fraction of sp³-hybridized carbons (Fsp3) is 0.513. The summed E-state index contributed by atoms with van der Waals surface area (Å²) < 4.78 is 36.0. The number of carbonyl (C=O) groups is 1. The average molecular weight is 676 g/mol. The van der Waals surface area contributed by atoms with Crippen LogP contribution in [0.5, 0.6) is 11.5 Å². The Bertz CT molecular complexity index is 1420. The molecule has 3 aromatic rings. The maximum atomic E-state index is 13.6. The third kappa shape index (κ3) is 10.3. The number of hydrogen-bond acceptors (Lipinski definition) is 9. The molecule has 1 unspecified atom stereocenters. The number of anilines is 1. The lowest BCUT2D eigenvalue weighted by Gasteiger charge is -2.43. The zero-order valence-corrected chi connectivity index (χ0v) is 29.5. The number of fused-ring (bicyclic) bond motifs is 1. The van der Waals surface area contributed by atoms with Gasteiger partial charge in [0.25, 0.3) is 0 Å². The second kappa shape index (κ2) is 18.8. The van der Waals surface area contributed by atoms with Crippen LogP contribution in [0.15, 0.2) is 72.8 Å². The maximum absolute atomic E-state index is 13.6. The maximum Gasteiger partial charge on any atom is 0.410 e. The van der Waals surface area contributed by atoms with Crippen molar-refractivity contribution < 1.29 is 33.2 Å². The van der Waals surface area contributed by atoms with Gasteiger partial charge in [0.2, 0.25) is 0 Å². The van der Waals surface area contributed by atoms with Crippen molar-refractivity contribution in [3.63, 3.8) is 0 Å². The van der Waals surface area contributed by atoms with E-state index in [1.807, 2.05) is 48.5 Å². The standard InChI is InChI=1S/C39H53N3O7/c1-5-18-40-29(2)26-47-36-24-42(39(43)49-27-30-10-7-6-8-11-30)25-37(38(36)32-13-15-33(45-4)16-14-32)48-28-31-12-17-35-34(23-31)41(20-22-46-35)19-9-21-44-3/h6-8,10-17,23,29,36-38,40H,5,9,18-22,24-28H2,1-4H3/t29?,36-,37+,38+/m1/s1. The Morgan fingerprint density at radius 2 is 1.73 bits per heavy atom. The van der Waals surface area contributed by atoms with Crippen LogP contribution in [0.1, 0.15) is 49.3 Å². The first-order chi connectivity index (χ1) is 24.0. The van der Waals surface area contributed by atoms with Gasteiger partial charge >= 0.3 is 6.09 Å². The summed E-state index contributed by atoms with van der Waals surface area (Å²) >= 11 is 0. The van der Waals surface area contributed by atoms with Gasteiger partial charge in [-0.1, -0.05) is 55.5 Å². The van der Waals surface area contributed by atoms with Crippen molar-refractivity contribution in [3.05, 3.63) is 89.5 Å². The van der Waals surface area contributed by atoms with Crippen molar-refractivity contribution in [2.45, 2.75) is 64.1 Å². The average Bonchev–Trinajstić information content (AvgIpc) is 3.14. The highest BCUT2D eigenvalue weighted by molar-refractivity contribution is 5.68. The molecule has 0 spiro atoms. The van der Waals surface area contributed by atoms with E-state index in [1.165, 1.54) is 0 Å². The summed E-state index contributed by atoms with van der Waals surface area (Å²) in [5.41, 5.74) is 4.12. The number of rotatable bonds is 17. The molecule has 1 amide bonds. The number of carbonyl (C=O) groups excluding carboxylic acids is 1. The first-order valence-corrected chi connectivity index (χ1v) is 17.5. The number of benzene rings is 3. The Morgan fingerprint density at radius 3 is 2.47 bits per heavy atom. The number of nitrogens with one attached hydrogen (secondary N) is 1. The summed E-state index contributed by atoms with van der Waals surface area (Å²) in [7, 11) is 3.40. The van der Waals surface area contributed by atoms with Crippen molar-refractivity contribution >= 4 is 11.8 Å². The van der Waals surface area contributed by atoms with Gasteiger partial charge in [-0.05, 0) is 67.3 Å². The molecule has 1 fully saturated rings. The third-order valence-corrected chi connectivity index (χ3v) is 9.09.